The molecule has 86 valence electrons. The van der Waals surface area contributed by atoms with Crippen LogP contribution in [-0.4, -0.2) is 15.1 Å². The van der Waals surface area contributed by atoms with Crippen molar-refractivity contribution in [2.45, 2.75) is 13.3 Å². The maximum Gasteiger partial charge on any atom is 0.375 e. The number of rotatable bonds is 3. The first-order valence-corrected chi connectivity index (χ1v) is 4.36. The minimum atomic E-state index is -2.87. The molecule has 0 spiro atoms. The summed E-state index contributed by atoms with van der Waals surface area (Å²) in [7, 11) is 0. The van der Waals surface area contributed by atoms with Gasteiger partial charge in [-0.25, -0.2) is 8.78 Å². The molecule has 0 saturated heterocycles. The number of aryl methyl sites for hydroxylation is 1. The Morgan fingerprint density at radius 1 is 1.62 bits per heavy atom. The SMILES string of the molecule is Cc1nc([N+](=O)[O-])c(C(=O)Cl)cc1C(F)F. The summed E-state index contributed by atoms with van der Waals surface area (Å²) in [5.74, 6) is -0.818. The first-order chi connectivity index (χ1) is 7.34. The predicted octanol–water partition coefficient (Wildman–Crippen LogP) is 2.61. The molecule has 1 rings (SSSR count). The molecule has 0 fully saturated rings. The summed E-state index contributed by atoms with van der Waals surface area (Å²) in [4.78, 5) is 23.7. The van der Waals surface area contributed by atoms with Crippen LogP contribution in [0.15, 0.2) is 6.07 Å². The van der Waals surface area contributed by atoms with Gasteiger partial charge < -0.3 is 10.1 Å². The summed E-state index contributed by atoms with van der Waals surface area (Å²) in [6.45, 7) is 1.19. The molecule has 0 aliphatic heterocycles. The van der Waals surface area contributed by atoms with Crippen molar-refractivity contribution in [3.63, 3.8) is 0 Å². The summed E-state index contributed by atoms with van der Waals surface area (Å²) in [5, 5.41) is 9.31. The smallest absolute Gasteiger partial charge is 0.358 e. The number of nitro groups is 1. The highest BCUT2D eigenvalue weighted by Crippen LogP contribution is 2.27. The highest BCUT2D eigenvalue weighted by Gasteiger charge is 2.26. The largest absolute Gasteiger partial charge is 0.375 e. The number of aromatic nitrogens is 1. The first-order valence-electron chi connectivity index (χ1n) is 3.98. The summed E-state index contributed by atoms with van der Waals surface area (Å²) in [6.07, 6.45) is -2.87. The van der Waals surface area contributed by atoms with Gasteiger partial charge in [0.15, 0.2) is 5.69 Å². The van der Waals surface area contributed by atoms with Crippen LogP contribution in [0.3, 0.4) is 0 Å². The molecule has 0 radical (unpaired) electrons. The highest BCUT2D eigenvalue weighted by molar-refractivity contribution is 6.68. The number of pyridine rings is 1. The molecule has 0 atom stereocenters. The highest BCUT2D eigenvalue weighted by atomic mass is 35.5. The third-order valence-electron chi connectivity index (χ3n) is 1.85. The molecule has 0 unspecified atom stereocenters. The Labute approximate surface area is 93.2 Å². The lowest BCUT2D eigenvalue weighted by Crippen LogP contribution is -2.05. The molecule has 1 aromatic heterocycles. The molecule has 5 nitrogen and oxygen atoms in total. The normalized spacial score (nSPS) is 10.6. The number of hydrogen-bond donors (Lipinski definition) is 0. The lowest BCUT2D eigenvalue weighted by Gasteiger charge is -2.03. The molecule has 0 aliphatic carbocycles. The van der Waals surface area contributed by atoms with E-state index in [-0.39, 0.29) is 5.69 Å². The summed E-state index contributed by atoms with van der Waals surface area (Å²) in [6, 6.07) is 0.695. The van der Waals surface area contributed by atoms with Crippen LogP contribution in [0.25, 0.3) is 0 Å². The summed E-state index contributed by atoms with van der Waals surface area (Å²) < 4.78 is 24.9. The van der Waals surface area contributed by atoms with E-state index >= 15 is 0 Å². The number of alkyl halides is 2. The van der Waals surface area contributed by atoms with E-state index in [2.05, 4.69) is 4.98 Å². The van der Waals surface area contributed by atoms with E-state index < -0.39 is 33.5 Å². The van der Waals surface area contributed by atoms with Crippen molar-refractivity contribution in [2.24, 2.45) is 0 Å². The maximum atomic E-state index is 12.4. The number of carbonyl (C=O) groups excluding carboxylic acids is 1. The fraction of sp³-hybridized carbons (Fsp3) is 0.250. The lowest BCUT2D eigenvalue weighted by atomic mass is 10.1. The molecule has 0 amide bonds. The Balaban J connectivity index is 3.49. The Bertz CT molecular complexity index is 465. The van der Waals surface area contributed by atoms with Crippen LogP contribution >= 0.6 is 11.6 Å². The van der Waals surface area contributed by atoms with E-state index in [1.54, 1.807) is 0 Å². The van der Waals surface area contributed by atoms with Gasteiger partial charge in [-0.3, -0.25) is 4.79 Å². The lowest BCUT2D eigenvalue weighted by molar-refractivity contribution is -0.389. The third-order valence-corrected chi connectivity index (χ3v) is 2.06. The zero-order valence-electron chi connectivity index (χ0n) is 7.91. The van der Waals surface area contributed by atoms with E-state index in [9.17, 15) is 23.7 Å². The number of halogens is 3. The van der Waals surface area contributed by atoms with Crippen molar-refractivity contribution >= 4 is 22.7 Å². The number of hydrogen-bond acceptors (Lipinski definition) is 4. The summed E-state index contributed by atoms with van der Waals surface area (Å²) >= 11 is 5.05. The molecule has 0 N–H and O–H groups in total. The number of carbonyl (C=O) groups is 1. The predicted molar refractivity (Wildman–Crippen MR) is 50.8 cm³/mol. The van der Waals surface area contributed by atoms with Crippen LogP contribution in [0.2, 0.25) is 0 Å². The fourth-order valence-corrected chi connectivity index (χ4v) is 1.25. The second-order valence-corrected chi connectivity index (χ2v) is 3.21. The van der Waals surface area contributed by atoms with Gasteiger partial charge in [0.25, 0.3) is 11.7 Å². The molecular formula is C8H5ClF2N2O3. The molecule has 0 aliphatic rings. The van der Waals surface area contributed by atoms with E-state index in [1.807, 2.05) is 0 Å². The number of nitrogens with zero attached hydrogens (tertiary/aromatic N) is 2. The molecule has 16 heavy (non-hydrogen) atoms. The minimum Gasteiger partial charge on any atom is -0.358 e. The van der Waals surface area contributed by atoms with Crippen molar-refractivity contribution in [1.82, 2.24) is 4.98 Å². The average molecular weight is 251 g/mol. The summed E-state index contributed by atoms with van der Waals surface area (Å²) in [5.41, 5.74) is -1.38. The van der Waals surface area contributed by atoms with Gasteiger partial charge in [-0.05, 0) is 27.6 Å². The monoisotopic (exact) mass is 250 g/mol. The van der Waals surface area contributed by atoms with Crippen molar-refractivity contribution in [3.05, 3.63) is 33.0 Å². The van der Waals surface area contributed by atoms with Crippen molar-refractivity contribution in [1.29, 1.82) is 0 Å². The van der Waals surface area contributed by atoms with Crippen LogP contribution < -0.4 is 0 Å². The Hall–Kier alpha value is -1.63. The third kappa shape index (κ3) is 2.30. The van der Waals surface area contributed by atoms with Crippen molar-refractivity contribution in [3.8, 4) is 0 Å². The Kier molecular flexibility index (Phi) is 3.48. The van der Waals surface area contributed by atoms with Crippen molar-refractivity contribution < 1.29 is 18.5 Å². The van der Waals surface area contributed by atoms with Crippen LogP contribution in [0.5, 0.6) is 0 Å². The zero-order chi connectivity index (χ0) is 12.5. The standard InChI is InChI=1S/C8H5ClF2N2O3/c1-3-4(7(10)11)2-5(6(9)14)8(12-3)13(15)16/h2,7H,1H3. The fourth-order valence-electron chi connectivity index (χ4n) is 1.11. The van der Waals surface area contributed by atoms with Gasteiger partial charge >= 0.3 is 5.82 Å². The van der Waals surface area contributed by atoms with E-state index in [1.165, 1.54) is 6.92 Å². The Morgan fingerprint density at radius 2 is 2.19 bits per heavy atom. The van der Waals surface area contributed by atoms with Crippen LogP contribution in [-0.2, 0) is 0 Å². The second-order valence-electron chi connectivity index (χ2n) is 2.87. The van der Waals surface area contributed by atoms with Gasteiger partial charge in [0.05, 0.1) is 5.56 Å². The van der Waals surface area contributed by atoms with Crippen LogP contribution in [0.1, 0.15) is 28.0 Å². The molecule has 1 aromatic rings. The van der Waals surface area contributed by atoms with Crippen molar-refractivity contribution in [2.75, 3.05) is 0 Å². The average Bonchev–Trinajstić information content (AvgIpc) is 2.15. The molecule has 0 aromatic carbocycles. The molecule has 0 bridgehead atoms. The van der Waals surface area contributed by atoms with Gasteiger partial charge in [-0.1, -0.05) is 0 Å². The van der Waals surface area contributed by atoms with Gasteiger partial charge in [-0.2, -0.15) is 0 Å². The van der Waals surface area contributed by atoms with Gasteiger partial charge in [0, 0.05) is 6.92 Å². The van der Waals surface area contributed by atoms with E-state index in [4.69, 9.17) is 11.6 Å². The van der Waals surface area contributed by atoms with Gasteiger partial charge in [-0.15, -0.1) is 0 Å². The van der Waals surface area contributed by atoms with E-state index in [0.717, 1.165) is 0 Å². The topological polar surface area (TPSA) is 73.1 Å². The maximum absolute atomic E-state index is 12.4. The van der Waals surface area contributed by atoms with Crippen LogP contribution in [0.4, 0.5) is 14.6 Å². The molecule has 1 heterocycles. The quantitative estimate of drug-likeness (QED) is 0.469. The second kappa shape index (κ2) is 4.48. The zero-order valence-corrected chi connectivity index (χ0v) is 8.66. The molecule has 0 saturated carbocycles. The minimum absolute atomic E-state index is 0.205. The van der Waals surface area contributed by atoms with E-state index in [0.29, 0.717) is 6.07 Å². The molecular weight excluding hydrogens is 246 g/mol. The van der Waals surface area contributed by atoms with Gasteiger partial charge in [0.2, 0.25) is 0 Å². The first kappa shape index (κ1) is 12.4. The Morgan fingerprint density at radius 3 is 2.56 bits per heavy atom. The van der Waals surface area contributed by atoms with Gasteiger partial charge in [0.1, 0.15) is 5.56 Å². The molecule has 8 heteroatoms. The van der Waals surface area contributed by atoms with Crippen LogP contribution in [0, 0.1) is 17.0 Å².